The number of rotatable bonds is 7. The average Bonchev–Trinajstić information content (AvgIpc) is 2.78. The summed E-state index contributed by atoms with van der Waals surface area (Å²) in [6.07, 6.45) is 3.58. The van der Waals surface area contributed by atoms with E-state index < -0.39 is 22.0 Å². The van der Waals surface area contributed by atoms with E-state index in [1.54, 1.807) is 24.3 Å². The zero-order valence-corrected chi connectivity index (χ0v) is 20.0. The predicted octanol–water partition coefficient (Wildman–Crippen LogP) is 3.69. The average molecular weight is 496 g/mol. The smallest absolute Gasteiger partial charge is 0.337 e. The summed E-state index contributed by atoms with van der Waals surface area (Å²) in [4.78, 5) is 14.1. The molecule has 4 rings (SSSR count). The second-order valence-electron chi connectivity index (χ2n) is 8.32. The van der Waals surface area contributed by atoms with Crippen molar-refractivity contribution >= 4 is 33.5 Å². The minimum absolute atomic E-state index is 0.00852. The van der Waals surface area contributed by atoms with Crippen LogP contribution in [-0.4, -0.2) is 62.9 Å². The third-order valence-electron chi connectivity index (χ3n) is 6.36. The number of hydrogen-bond acceptors (Lipinski definition) is 5. The second-order valence-corrected chi connectivity index (χ2v) is 10.6. The molecule has 10 heteroatoms. The van der Waals surface area contributed by atoms with Crippen LogP contribution in [0.3, 0.4) is 0 Å². The van der Waals surface area contributed by atoms with Crippen LogP contribution in [-0.2, 0) is 21.5 Å². The number of anilines is 1. The number of methoxy groups -OCH3 is 1. The maximum atomic E-state index is 13.8. The lowest BCUT2D eigenvalue weighted by Crippen LogP contribution is -2.56. The van der Waals surface area contributed by atoms with Crippen molar-refractivity contribution in [2.24, 2.45) is 0 Å². The van der Waals surface area contributed by atoms with E-state index in [1.165, 1.54) is 47.1 Å². The topological polar surface area (TPSA) is 70.2 Å². The summed E-state index contributed by atoms with van der Waals surface area (Å²) in [7, 11) is -2.61. The van der Waals surface area contributed by atoms with Gasteiger partial charge in [-0.2, -0.15) is 12.7 Å². The van der Waals surface area contributed by atoms with Gasteiger partial charge in [0.25, 0.3) is 0 Å². The molecule has 0 amide bonds. The van der Waals surface area contributed by atoms with E-state index in [0.29, 0.717) is 43.3 Å². The Morgan fingerprint density at radius 3 is 2.33 bits per heavy atom. The van der Waals surface area contributed by atoms with Crippen molar-refractivity contribution < 1.29 is 22.3 Å². The number of carbonyl (C=O) groups excluding carboxylic acids is 1. The molecule has 0 bridgehead atoms. The van der Waals surface area contributed by atoms with Crippen molar-refractivity contribution in [3.05, 3.63) is 64.4 Å². The summed E-state index contributed by atoms with van der Waals surface area (Å²) in [5.74, 6) is -1.09. The molecule has 7 nitrogen and oxygen atoms in total. The lowest BCUT2D eigenvalue weighted by atomic mass is 9.91. The van der Waals surface area contributed by atoms with E-state index in [9.17, 15) is 17.6 Å². The molecule has 1 aliphatic heterocycles. The van der Waals surface area contributed by atoms with Gasteiger partial charge in [-0.15, -0.1) is 0 Å². The lowest BCUT2D eigenvalue weighted by molar-refractivity contribution is 0.0600. The zero-order chi connectivity index (χ0) is 23.6. The molecular weight excluding hydrogens is 469 g/mol. The molecule has 0 unspecified atom stereocenters. The first kappa shape index (κ1) is 23.9. The summed E-state index contributed by atoms with van der Waals surface area (Å²) in [5, 5.41) is -0.149. The minimum atomic E-state index is -3.91. The Hall–Kier alpha value is -2.20. The molecule has 2 aromatic rings. The fourth-order valence-electron chi connectivity index (χ4n) is 4.17. The summed E-state index contributed by atoms with van der Waals surface area (Å²) in [6.45, 7) is 2.18. The van der Waals surface area contributed by atoms with Gasteiger partial charge in [-0.25, -0.2) is 9.18 Å². The van der Waals surface area contributed by atoms with E-state index in [1.807, 2.05) is 0 Å². The molecule has 1 saturated carbocycles. The van der Waals surface area contributed by atoms with Crippen molar-refractivity contribution in [1.29, 1.82) is 0 Å². The van der Waals surface area contributed by atoms with E-state index in [0.717, 1.165) is 6.07 Å². The van der Waals surface area contributed by atoms with Crippen LogP contribution in [0.4, 0.5) is 10.1 Å². The highest BCUT2D eigenvalue weighted by Crippen LogP contribution is 2.30. The highest BCUT2D eigenvalue weighted by atomic mass is 35.5. The van der Waals surface area contributed by atoms with Crippen LogP contribution < -0.4 is 4.31 Å². The van der Waals surface area contributed by atoms with Gasteiger partial charge in [0.1, 0.15) is 5.82 Å². The van der Waals surface area contributed by atoms with Crippen molar-refractivity contribution in [2.75, 3.05) is 37.6 Å². The fraction of sp³-hybridized carbons (Fsp3) is 0.435. The molecule has 2 aromatic carbocycles. The number of piperazine rings is 1. The molecule has 0 spiro atoms. The third-order valence-corrected chi connectivity index (χ3v) is 8.57. The summed E-state index contributed by atoms with van der Waals surface area (Å²) < 4.78 is 48.6. The molecular formula is C23H27ClFN3O4S. The van der Waals surface area contributed by atoms with Gasteiger partial charge in [-0.3, -0.25) is 9.21 Å². The Morgan fingerprint density at radius 2 is 1.79 bits per heavy atom. The molecule has 1 saturated heterocycles. The minimum Gasteiger partial charge on any atom is -0.465 e. The Labute approximate surface area is 198 Å². The van der Waals surface area contributed by atoms with Gasteiger partial charge in [0.15, 0.2) is 0 Å². The highest BCUT2D eigenvalue weighted by molar-refractivity contribution is 7.90. The first-order chi connectivity index (χ1) is 15.8. The van der Waals surface area contributed by atoms with E-state index in [2.05, 4.69) is 4.90 Å². The summed E-state index contributed by atoms with van der Waals surface area (Å²) in [6, 6.07) is 11.0. The van der Waals surface area contributed by atoms with Crippen molar-refractivity contribution in [1.82, 2.24) is 9.21 Å². The standard InChI is InChI=1S/C23H27ClFN3O4S/c1-32-23(29)18-7-5-17(6-8-18)16-28(20-9-10-22(25)21(24)15-20)33(30,31)27-13-11-26(12-14-27)19-3-2-4-19/h5-10,15,19H,2-4,11-14,16H2,1H3. The van der Waals surface area contributed by atoms with E-state index >= 15 is 0 Å². The first-order valence-corrected chi connectivity index (χ1v) is 12.7. The number of ether oxygens (including phenoxy) is 1. The van der Waals surface area contributed by atoms with Gasteiger partial charge in [0.05, 0.1) is 29.9 Å². The van der Waals surface area contributed by atoms with Gasteiger partial charge in [0.2, 0.25) is 0 Å². The first-order valence-electron chi connectivity index (χ1n) is 10.9. The van der Waals surface area contributed by atoms with Gasteiger partial charge in [0, 0.05) is 32.2 Å². The van der Waals surface area contributed by atoms with E-state index in [-0.39, 0.29) is 17.3 Å². The lowest BCUT2D eigenvalue weighted by Gasteiger charge is -2.43. The molecule has 0 aromatic heterocycles. The third kappa shape index (κ3) is 5.16. The fourth-order valence-corrected chi connectivity index (χ4v) is 5.94. The quantitative estimate of drug-likeness (QED) is 0.548. The van der Waals surface area contributed by atoms with E-state index in [4.69, 9.17) is 16.3 Å². The van der Waals surface area contributed by atoms with Crippen LogP contribution in [0.25, 0.3) is 0 Å². The van der Waals surface area contributed by atoms with Crippen LogP contribution in [0, 0.1) is 5.82 Å². The predicted molar refractivity (Wildman–Crippen MR) is 125 cm³/mol. The van der Waals surface area contributed by atoms with Crippen LogP contribution in [0.15, 0.2) is 42.5 Å². The molecule has 178 valence electrons. The number of nitrogens with zero attached hydrogens (tertiary/aromatic N) is 3. The molecule has 2 aliphatic rings. The Balaban J connectivity index is 1.59. The van der Waals surface area contributed by atoms with Gasteiger partial charge in [-0.05, 0) is 48.7 Å². The summed E-state index contributed by atoms with van der Waals surface area (Å²) in [5.41, 5.74) is 1.31. The number of hydrogen-bond donors (Lipinski definition) is 0. The van der Waals surface area contributed by atoms with Crippen molar-refractivity contribution in [3.8, 4) is 0 Å². The number of benzene rings is 2. The monoisotopic (exact) mass is 495 g/mol. The largest absolute Gasteiger partial charge is 0.465 e. The number of esters is 1. The van der Waals surface area contributed by atoms with Crippen LogP contribution in [0.2, 0.25) is 5.02 Å². The second kappa shape index (κ2) is 9.97. The van der Waals surface area contributed by atoms with Crippen LogP contribution in [0.5, 0.6) is 0 Å². The molecule has 1 aliphatic carbocycles. The maximum absolute atomic E-state index is 13.8. The molecule has 0 N–H and O–H groups in total. The Morgan fingerprint density at radius 1 is 1.12 bits per heavy atom. The molecule has 0 radical (unpaired) electrons. The molecule has 0 atom stereocenters. The molecule has 2 fully saturated rings. The van der Waals surface area contributed by atoms with Crippen molar-refractivity contribution in [3.63, 3.8) is 0 Å². The highest BCUT2D eigenvalue weighted by Gasteiger charge is 2.35. The maximum Gasteiger partial charge on any atom is 0.337 e. The van der Waals surface area contributed by atoms with Gasteiger partial charge < -0.3 is 4.74 Å². The number of carbonyl (C=O) groups is 1. The van der Waals surface area contributed by atoms with Gasteiger partial charge >= 0.3 is 16.2 Å². The molecule has 1 heterocycles. The Bertz CT molecular complexity index is 1100. The summed E-state index contributed by atoms with van der Waals surface area (Å²) >= 11 is 5.98. The SMILES string of the molecule is COC(=O)c1ccc(CN(c2ccc(F)c(Cl)c2)S(=O)(=O)N2CCN(C3CCC3)CC2)cc1. The van der Waals surface area contributed by atoms with Crippen molar-refractivity contribution in [2.45, 2.75) is 31.8 Å². The normalized spacial score (nSPS) is 18.0. The molecule has 33 heavy (non-hydrogen) atoms. The zero-order valence-electron chi connectivity index (χ0n) is 18.4. The van der Waals surface area contributed by atoms with Crippen LogP contribution in [0.1, 0.15) is 35.2 Å². The Kier molecular flexibility index (Phi) is 7.23. The van der Waals surface area contributed by atoms with Crippen LogP contribution >= 0.6 is 11.6 Å². The van der Waals surface area contributed by atoms with Gasteiger partial charge in [-0.1, -0.05) is 30.2 Å². The number of halogens is 2.